The maximum Gasteiger partial charge on any atom is 0.143 e. The molecule has 0 saturated carbocycles. The zero-order chi connectivity index (χ0) is 13.5. The number of nitrogens with zero attached hydrogens (tertiary/aromatic N) is 2. The second-order valence-corrected chi connectivity index (χ2v) is 5.62. The standard InChI is InChI=1S/C13H15ClFN3/c1-13(2,3)11-7-12(16)18(17-11)8-4-5-9(14)10(15)6-8/h4-7H,16H2,1-3H3. The average Bonchev–Trinajstić information content (AvgIpc) is 2.64. The molecular weight excluding hydrogens is 253 g/mol. The van der Waals surface area contributed by atoms with Crippen LogP contribution in [0.5, 0.6) is 0 Å². The molecular formula is C13H15ClFN3. The monoisotopic (exact) mass is 267 g/mol. The molecule has 2 N–H and O–H groups in total. The van der Waals surface area contributed by atoms with Gasteiger partial charge in [-0.05, 0) is 12.1 Å². The van der Waals surface area contributed by atoms with E-state index in [2.05, 4.69) is 5.10 Å². The zero-order valence-corrected chi connectivity index (χ0v) is 11.3. The highest BCUT2D eigenvalue weighted by Crippen LogP contribution is 2.25. The lowest BCUT2D eigenvalue weighted by atomic mass is 9.92. The van der Waals surface area contributed by atoms with Gasteiger partial charge in [0.2, 0.25) is 0 Å². The lowest BCUT2D eigenvalue weighted by Gasteiger charge is -2.14. The van der Waals surface area contributed by atoms with E-state index in [0.29, 0.717) is 11.5 Å². The third-order valence-corrected chi connectivity index (χ3v) is 2.96. The number of benzene rings is 1. The molecule has 0 bridgehead atoms. The molecule has 0 aliphatic rings. The molecule has 0 unspecified atom stereocenters. The van der Waals surface area contributed by atoms with Crippen molar-refractivity contribution in [3.05, 3.63) is 40.8 Å². The summed E-state index contributed by atoms with van der Waals surface area (Å²) < 4.78 is 14.9. The van der Waals surface area contributed by atoms with Crippen LogP contribution in [-0.2, 0) is 5.41 Å². The Morgan fingerprint density at radius 1 is 1.28 bits per heavy atom. The van der Waals surface area contributed by atoms with Crippen LogP contribution in [0.15, 0.2) is 24.3 Å². The number of rotatable bonds is 1. The van der Waals surface area contributed by atoms with Crippen molar-refractivity contribution in [2.75, 3.05) is 5.73 Å². The molecule has 96 valence electrons. The predicted octanol–water partition coefficient (Wildman–Crippen LogP) is 3.54. The molecule has 1 aromatic heterocycles. The number of halogens is 2. The van der Waals surface area contributed by atoms with Crippen molar-refractivity contribution in [3.63, 3.8) is 0 Å². The fourth-order valence-corrected chi connectivity index (χ4v) is 1.70. The number of anilines is 1. The number of hydrogen-bond acceptors (Lipinski definition) is 2. The van der Waals surface area contributed by atoms with Gasteiger partial charge >= 0.3 is 0 Å². The summed E-state index contributed by atoms with van der Waals surface area (Å²) in [6, 6.07) is 6.29. The minimum Gasteiger partial charge on any atom is -0.384 e. The fourth-order valence-electron chi connectivity index (χ4n) is 1.59. The summed E-state index contributed by atoms with van der Waals surface area (Å²) in [5, 5.41) is 4.49. The first kappa shape index (κ1) is 12.9. The molecule has 0 saturated heterocycles. The first-order chi connectivity index (χ1) is 8.29. The van der Waals surface area contributed by atoms with E-state index < -0.39 is 5.82 Å². The number of nitrogen functional groups attached to an aromatic ring is 1. The molecule has 2 aromatic rings. The molecule has 0 fully saturated rings. The summed E-state index contributed by atoms with van der Waals surface area (Å²) in [6.07, 6.45) is 0. The van der Waals surface area contributed by atoms with Crippen LogP contribution in [-0.4, -0.2) is 9.78 Å². The van der Waals surface area contributed by atoms with Crippen molar-refractivity contribution in [2.24, 2.45) is 0 Å². The highest BCUT2D eigenvalue weighted by Gasteiger charge is 2.19. The van der Waals surface area contributed by atoms with Crippen LogP contribution in [0.2, 0.25) is 5.02 Å². The topological polar surface area (TPSA) is 43.8 Å². The van der Waals surface area contributed by atoms with Crippen molar-refractivity contribution >= 4 is 17.4 Å². The van der Waals surface area contributed by atoms with Gasteiger partial charge in [0.15, 0.2) is 0 Å². The van der Waals surface area contributed by atoms with E-state index in [1.165, 1.54) is 16.8 Å². The van der Waals surface area contributed by atoms with Gasteiger partial charge in [-0.2, -0.15) is 5.10 Å². The quantitative estimate of drug-likeness (QED) is 0.859. The second-order valence-electron chi connectivity index (χ2n) is 5.21. The third kappa shape index (κ3) is 2.34. The van der Waals surface area contributed by atoms with E-state index in [-0.39, 0.29) is 10.4 Å². The van der Waals surface area contributed by atoms with E-state index in [9.17, 15) is 4.39 Å². The molecule has 0 aliphatic carbocycles. The van der Waals surface area contributed by atoms with Crippen LogP contribution < -0.4 is 5.73 Å². The molecule has 0 amide bonds. The predicted molar refractivity (Wildman–Crippen MR) is 71.6 cm³/mol. The maximum atomic E-state index is 13.4. The van der Waals surface area contributed by atoms with Crippen LogP contribution in [0.25, 0.3) is 5.69 Å². The summed E-state index contributed by atoms with van der Waals surface area (Å²) in [5.74, 6) is -0.0111. The van der Waals surface area contributed by atoms with Crippen LogP contribution in [0.3, 0.4) is 0 Å². The summed E-state index contributed by atoms with van der Waals surface area (Å²) in [6.45, 7) is 6.13. The van der Waals surface area contributed by atoms with Gasteiger partial charge in [-0.15, -0.1) is 0 Å². The summed E-state index contributed by atoms with van der Waals surface area (Å²) >= 11 is 5.65. The van der Waals surface area contributed by atoms with Gasteiger partial charge in [0.25, 0.3) is 0 Å². The molecule has 0 spiro atoms. The Bertz CT molecular complexity index is 584. The lowest BCUT2D eigenvalue weighted by molar-refractivity contribution is 0.560. The molecule has 0 aliphatic heterocycles. The highest BCUT2D eigenvalue weighted by molar-refractivity contribution is 6.30. The Hall–Kier alpha value is -1.55. The van der Waals surface area contributed by atoms with Crippen LogP contribution in [0.1, 0.15) is 26.5 Å². The first-order valence-corrected chi connectivity index (χ1v) is 5.98. The minimum absolute atomic E-state index is 0.0838. The first-order valence-electron chi connectivity index (χ1n) is 5.60. The van der Waals surface area contributed by atoms with Gasteiger partial charge < -0.3 is 5.73 Å². The van der Waals surface area contributed by atoms with Crippen LogP contribution >= 0.6 is 11.6 Å². The Labute approximate surface area is 110 Å². The normalized spacial score (nSPS) is 11.8. The van der Waals surface area contributed by atoms with Gasteiger partial charge in [-0.1, -0.05) is 32.4 Å². The fraction of sp³-hybridized carbons (Fsp3) is 0.308. The second kappa shape index (κ2) is 4.28. The molecule has 0 radical (unpaired) electrons. The van der Waals surface area contributed by atoms with Crippen molar-refractivity contribution in [1.82, 2.24) is 9.78 Å². The van der Waals surface area contributed by atoms with Gasteiger partial charge in [-0.3, -0.25) is 0 Å². The maximum absolute atomic E-state index is 13.4. The summed E-state index contributed by atoms with van der Waals surface area (Å²) in [7, 11) is 0. The molecule has 18 heavy (non-hydrogen) atoms. The van der Waals surface area contributed by atoms with Crippen molar-refractivity contribution < 1.29 is 4.39 Å². The SMILES string of the molecule is CC(C)(C)c1cc(N)n(-c2ccc(Cl)c(F)c2)n1. The van der Waals surface area contributed by atoms with E-state index in [4.69, 9.17) is 17.3 Å². The molecule has 3 nitrogen and oxygen atoms in total. The number of nitrogens with two attached hydrogens (primary N) is 1. The minimum atomic E-state index is -0.485. The largest absolute Gasteiger partial charge is 0.384 e. The van der Waals surface area contributed by atoms with E-state index >= 15 is 0 Å². The van der Waals surface area contributed by atoms with Gasteiger partial charge in [0.1, 0.15) is 11.6 Å². The van der Waals surface area contributed by atoms with E-state index in [1.54, 1.807) is 12.1 Å². The van der Waals surface area contributed by atoms with Crippen LogP contribution in [0, 0.1) is 5.82 Å². The van der Waals surface area contributed by atoms with Crippen molar-refractivity contribution in [1.29, 1.82) is 0 Å². The average molecular weight is 268 g/mol. The van der Waals surface area contributed by atoms with Gasteiger partial charge in [0.05, 0.1) is 16.4 Å². The van der Waals surface area contributed by atoms with Gasteiger partial charge in [0, 0.05) is 17.5 Å². The Kier molecular flexibility index (Phi) is 3.07. The summed E-state index contributed by atoms with van der Waals surface area (Å²) in [4.78, 5) is 0. The third-order valence-electron chi connectivity index (χ3n) is 2.65. The van der Waals surface area contributed by atoms with Crippen molar-refractivity contribution in [2.45, 2.75) is 26.2 Å². The molecule has 5 heteroatoms. The van der Waals surface area contributed by atoms with E-state index in [0.717, 1.165) is 5.69 Å². The smallest absolute Gasteiger partial charge is 0.143 e. The van der Waals surface area contributed by atoms with E-state index in [1.807, 2.05) is 20.8 Å². The highest BCUT2D eigenvalue weighted by atomic mass is 35.5. The lowest BCUT2D eigenvalue weighted by Crippen LogP contribution is -2.12. The van der Waals surface area contributed by atoms with Crippen LogP contribution in [0.4, 0.5) is 10.2 Å². The van der Waals surface area contributed by atoms with Gasteiger partial charge in [-0.25, -0.2) is 9.07 Å². The summed E-state index contributed by atoms with van der Waals surface area (Å²) in [5.41, 5.74) is 7.21. The number of hydrogen-bond donors (Lipinski definition) is 1. The number of aromatic nitrogens is 2. The molecule has 1 heterocycles. The van der Waals surface area contributed by atoms with Crippen molar-refractivity contribution in [3.8, 4) is 5.69 Å². The Balaban J connectivity index is 2.51. The molecule has 0 atom stereocenters. The Morgan fingerprint density at radius 2 is 1.94 bits per heavy atom. The Morgan fingerprint density at radius 3 is 2.44 bits per heavy atom. The zero-order valence-electron chi connectivity index (χ0n) is 10.5. The molecule has 2 rings (SSSR count). The molecule has 1 aromatic carbocycles.